The van der Waals surface area contributed by atoms with Crippen LogP contribution in [0.1, 0.15) is 31.9 Å². The minimum Gasteiger partial charge on any atom is -0.481 e. The van der Waals surface area contributed by atoms with Gasteiger partial charge in [-0.2, -0.15) is 5.26 Å². The first-order chi connectivity index (χ1) is 9.66. The first-order valence-electron chi connectivity index (χ1n) is 6.63. The molecule has 0 aliphatic rings. The van der Waals surface area contributed by atoms with Crippen molar-refractivity contribution in [1.29, 1.82) is 5.26 Å². The van der Waals surface area contributed by atoms with Gasteiger partial charge in [0.2, 0.25) is 5.91 Å². The number of carboxylic acids is 1. The zero-order valence-electron chi connectivity index (χ0n) is 12.8. The molecule has 0 aliphatic heterocycles. The number of nitriles is 1. The van der Waals surface area contributed by atoms with Crippen LogP contribution in [0, 0.1) is 22.7 Å². The Labute approximate surface area is 124 Å². The van der Waals surface area contributed by atoms with Crippen molar-refractivity contribution >= 4 is 11.9 Å². The van der Waals surface area contributed by atoms with Gasteiger partial charge < -0.3 is 10.0 Å². The molecule has 1 unspecified atom stereocenters. The monoisotopic (exact) mass is 288 g/mol. The van der Waals surface area contributed by atoms with Gasteiger partial charge in [-0.1, -0.05) is 32.9 Å². The molecule has 1 amide bonds. The maximum atomic E-state index is 12.4. The third kappa shape index (κ3) is 4.32. The zero-order chi connectivity index (χ0) is 16.2. The molecule has 0 saturated heterocycles. The Morgan fingerprint density at radius 1 is 1.38 bits per heavy atom. The highest BCUT2D eigenvalue weighted by molar-refractivity contribution is 5.97. The largest absolute Gasteiger partial charge is 0.481 e. The normalized spacial score (nSPS) is 12.3. The lowest BCUT2D eigenvalue weighted by Gasteiger charge is -2.30. The number of carbonyl (C=O) groups excluding carboxylic acids is 1. The molecule has 5 nitrogen and oxygen atoms in total. The van der Waals surface area contributed by atoms with E-state index in [4.69, 9.17) is 5.26 Å². The summed E-state index contributed by atoms with van der Waals surface area (Å²) in [7, 11) is 1.57. The number of amides is 1. The molecule has 0 aromatic heterocycles. The van der Waals surface area contributed by atoms with Crippen molar-refractivity contribution < 1.29 is 14.7 Å². The van der Waals surface area contributed by atoms with Gasteiger partial charge in [0.25, 0.3) is 0 Å². The fraction of sp³-hybridized carbons (Fsp3) is 0.438. The molecule has 112 valence electrons. The first-order valence-corrected chi connectivity index (χ1v) is 6.63. The molecule has 1 aromatic rings. The van der Waals surface area contributed by atoms with Crippen LogP contribution in [0.5, 0.6) is 0 Å². The van der Waals surface area contributed by atoms with Gasteiger partial charge >= 0.3 is 5.97 Å². The highest BCUT2D eigenvalue weighted by atomic mass is 16.4. The topological polar surface area (TPSA) is 81.4 Å². The first kappa shape index (κ1) is 16.7. The summed E-state index contributed by atoms with van der Waals surface area (Å²) in [5, 5.41) is 18.2. The van der Waals surface area contributed by atoms with E-state index in [0.29, 0.717) is 5.56 Å². The van der Waals surface area contributed by atoms with Crippen LogP contribution in [0.15, 0.2) is 24.3 Å². The third-order valence-corrected chi connectivity index (χ3v) is 3.21. The summed E-state index contributed by atoms with van der Waals surface area (Å²) >= 11 is 0. The van der Waals surface area contributed by atoms with E-state index in [0.717, 1.165) is 5.56 Å². The second kappa shape index (κ2) is 6.40. The van der Waals surface area contributed by atoms with Crippen molar-refractivity contribution in [3.8, 4) is 6.07 Å². The Hall–Kier alpha value is -2.35. The lowest BCUT2D eigenvalue weighted by Crippen LogP contribution is -2.43. The van der Waals surface area contributed by atoms with E-state index in [1.54, 1.807) is 52.1 Å². The summed E-state index contributed by atoms with van der Waals surface area (Å²) in [4.78, 5) is 25.1. The quantitative estimate of drug-likeness (QED) is 0.862. The lowest BCUT2D eigenvalue weighted by molar-refractivity contribution is -0.155. The van der Waals surface area contributed by atoms with Gasteiger partial charge in [0.05, 0.1) is 11.6 Å². The van der Waals surface area contributed by atoms with E-state index in [2.05, 4.69) is 0 Å². The molecule has 21 heavy (non-hydrogen) atoms. The standard InChI is InChI=1S/C16H20N2O3/c1-16(2,3)13(15(20)21)14(19)18(4)10-12-7-5-6-11(8-12)9-17/h5-8,13H,10H2,1-4H3,(H,20,21). The highest BCUT2D eigenvalue weighted by Crippen LogP contribution is 2.28. The summed E-state index contributed by atoms with van der Waals surface area (Å²) < 4.78 is 0. The minimum atomic E-state index is -1.12. The average molecular weight is 288 g/mol. The van der Waals surface area contributed by atoms with Gasteiger partial charge in [0, 0.05) is 13.6 Å². The number of hydrogen-bond acceptors (Lipinski definition) is 3. The Bertz CT molecular complexity index is 582. The van der Waals surface area contributed by atoms with Crippen molar-refractivity contribution in [3.05, 3.63) is 35.4 Å². The number of rotatable bonds is 4. The van der Waals surface area contributed by atoms with Crippen LogP contribution in [-0.4, -0.2) is 28.9 Å². The zero-order valence-corrected chi connectivity index (χ0v) is 12.8. The molecular formula is C16H20N2O3. The molecule has 0 saturated carbocycles. The van der Waals surface area contributed by atoms with Gasteiger partial charge in [0.1, 0.15) is 5.92 Å². The van der Waals surface area contributed by atoms with Gasteiger partial charge in [-0.25, -0.2) is 0 Å². The van der Waals surface area contributed by atoms with Crippen molar-refractivity contribution in [2.75, 3.05) is 7.05 Å². The summed E-state index contributed by atoms with van der Waals surface area (Å²) in [6, 6.07) is 8.95. The maximum Gasteiger partial charge on any atom is 0.316 e. The van der Waals surface area contributed by atoms with E-state index in [1.807, 2.05) is 6.07 Å². The Morgan fingerprint density at radius 2 is 2.00 bits per heavy atom. The molecule has 1 rings (SSSR count). The number of nitrogens with zero attached hydrogens (tertiary/aromatic N) is 2. The number of benzene rings is 1. The van der Waals surface area contributed by atoms with Gasteiger partial charge in [0.15, 0.2) is 0 Å². The van der Waals surface area contributed by atoms with Crippen LogP contribution in [0.3, 0.4) is 0 Å². The molecule has 1 atom stereocenters. The molecule has 0 fully saturated rings. The smallest absolute Gasteiger partial charge is 0.316 e. The molecule has 0 heterocycles. The maximum absolute atomic E-state index is 12.4. The van der Waals surface area contributed by atoms with Gasteiger partial charge in [-0.3, -0.25) is 9.59 Å². The van der Waals surface area contributed by atoms with E-state index < -0.39 is 23.2 Å². The Morgan fingerprint density at radius 3 is 2.48 bits per heavy atom. The average Bonchev–Trinajstić information content (AvgIpc) is 2.36. The highest BCUT2D eigenvalue weighted by Gasteiger charge is 2.39. The minimum absolute atomic E-state index is 0.272. The van der Waals surface area contributed by atoms with E-state index in [-0.39, 0.29) is 6.54 Å². The second-order valence-corrected chi connectivity index (χ2v) is 6.14. The van der Waals surface area contributed by atoms with Gasteiger partial charge in [-0.05, 0) is 23.1 Å². The molecule has 0 radical (unpaired) electrons. The van der Waals surface area contributed by atoms with Crippen molar-refractivity contribution in [1.82, 2.24) is 4.90 Å². The summed E-state index contributed by atoms with van der Waals surface area (Å²) in [6.07, 6.45) is 0. The van der Waals surface area contributed by atoms with Crippen LogP contribution in [-0.2, 0) is 16.1 Å². The third-order valence-electron chi connectivity index (χ3n) is 3.21. The number of hydrogen-bond donors (Lipinski definition) is 1. The Balaban J connectivity index is 2.92. The molecule has 0 spiro atoms. The Kier molecular flexibility index (Phi) is 5.09. The van der Waals surface area contributed by atoms with E-state index in [1.165, 1.54) is 4.90 Å². The number of carboxylic acid groups (broad SMARTS) is 1. The molecule has 0 aliphatic carbocycles. The lowest BCUT2D eigenvalue weighted by atomic mass is 9.80. The van der Waals surface area contributed by atoms with E-state index >= 15 is 0 Å². The fourth-order valence-corrected chi connectivity index (χ4v) is 2.16. The molecule has 1 N–H and O–H groups in total. The van der Waals surface area contributed by atoms with Gasteiger partial charge in [-0.15, -0.1) is 0 Å². The predicted octanol–water partition coefficient (Wildman–Crippen LogP) is 2.26. The molecule has 0 bridgehead atoms. The molecular weight excluding hydrogens is 268 g/mol. The van der Waals surface area contributed by atoms with E-state index in [9.17, 15) is 14.7 Å². The van der Waals surface area contributed by atoms with Crippen molar-refractivity contribution in [2.24, 2.45) is 11.3 Å². The molecule has 5 heteroatoms. The fourth-order valence-electron chi connectivity index (χ4n) is 2.16. The molecule has 1 aromatic carbocycles. The summed E-state index contributed by atoms with van der Waals surface area (Å²) in [6.45, 7) is 5.46. The van der Waals surface area contributed by atoms with Crippen molar-refractivity contribution in [3.63, 3.8) is 0 Å². The predicted molar refractivity (Wildman–Crippen MR) is 78.2 cm³/mol. The van der Waals surface area contributed by atoms with Crippen LogP contribution >= 0.6 is 0 Å². The number of aliphatic carboxylic acids is 1. The van der Waals surface area contributed by atoms with Crippen LogP contribution in [0.4, 0.5) is 0 Å². The number of carbonyl (C=O) groups is 2. The SMILES string of the molecule is CN(Cc1cccc(C#N)c1)C(=O)C(C(=O)O)C(C)(C)C. The summed E-state index contributed by atoms with van der Waals surface area (Å²) in [5.41, 5.74) is 0.646. The van der Waals surface area contributed by atoms with Crippen LogP contribution < -0.4 is 0 Å². The van der Waals surface area contributed by atoms with Crippen LogP contribution in [0.25, 0.3) is 0 Å². The van der Waals surface area contributed by atoms with Crippen molar-refractivity contribution in [2.45, 2.75) is 27.3 Å². The summed E-state index contributed by atoms with van der Waals surface area (Å²) in [5.74, 6) is -2.65. The second-order valence-electron chi connectivity index (χ2n) is 6.14. The van der Waals surface area contributed by atoms with Crippen LogP contribution in [0.2, 0.25) is 0 Å².